The Morgan fingerprint density at radius 1 is 1.33 bits per heavy atom. The van der Waals surface area contributed by atoms with Crippen LogP contribution >= 0.6 is 0 Å². The van der Waals surface area contributed by atoms with Crippen LogP contribution in [0.3, 0.4) is 0 Å². The van der Waals surface area contributed by atoms with Gasteiger partial charge in [0.2, 0.25) is 0 Å². The van der Waals surface area contributed by atoms with Crippen LogP contribution in [0.15, 0.2) is 24.3 Å². The first kappa shape index (κ1) is 12.2. The third-order valence-corrected chi connectivity index (χ3v) is 2.86. The Bertz CT molecular complexity index is 296. The van der Waals surface area contributed by atoms with E-state index < -0.39 is 0 Å². The normalized spacial score (nSPS) is 14.9. The zero-order valence-electron chi connectivity index (χ0n) is 9.73. The Morgan fingerprint density at radius 3 is 2.60 bits per heavy atom. The molecular weight excluding hydrogens is 188 g/mol. The molecule has 1 aromatic carbocycles. The van der Waals surface area contributed by atoms with Gasteiger partial charge in [-0.05, 0) is 17.0 Å². The predicted molar refractivity (Wildman–Crippen MR) is 61.6 cm³/mol. The van der Waals surface area contributed by atoms with Crippen LogP contribution in [0.2, 0.25) is 0 Å². The Labute approximate surface area is 91.9 Å². The Hall–Kier alpha value is -0.860. The van der Waals surface area contributed by atoms with Crippen LogP contribution in [0.25, 0.3) is 0 Å². The van der Waals surface area contributed by atoms with Gasteiger partial charge in [0.05, 0.1) is 12.7 Å². The van der Waals surface area contributed by atoms with E-state index in [0.29, 0.717) is 6.61 Å². The van der Waals surface area contributed by atoms with Crippen LogP contribution in [0.5, 0.6) is 0 Å². The van der Waals surface area contributed by atoms with Crippen LogP contribution in [0.1, 0.15) is 37.5 Å². The molecule has 0 bridgehead atoms. The lowest BCUT2D eigenvalue weighted by Gasteiger charge is -2.20. The van der Waals surface area contributed by atoms with Crippen LogP contribution in [0, 0.1) is 5.92 Å². The minimum Gasteiger partial charge on any atom is -0.388 e. The van der Waals surface area contributed by atoms with Crippen molar-refractivity contribution < 1.29 is 9.84 Å². The van der Waals surface area contributed by atoms with Gasteiger partial charge in [0.1, 0.15) is 0 Å². The zero-order chi connectivity index (χ0) is 11.3. The molecule has 2 nitrogen and oxygen atoms in total. The number of hydrogen-bond donors (Lipinski definition) is 1. The summed E-state index contributed by atoms with van der Waals surface area (Å²) in [5.41, 5.74) is 2.07. The molecule has 2 heteroatoms. The van der Waals surface area contributed by atoms with E-state index in [0.717, 1.165) is 17.5 Å². The summed E-state index contributed by atoms with van der Waals surface area (Å²) < 4.78 is 5.12. The third kappa shape index (κ3) is 3.05. The number of aliphatic hydroxyl groups excluding tert-OH is 1. The average molecular weight is 208 g/mol. The quantitative estimate of drug-likeness (QED) is 0.806. The number of rotatable bonds is 5. The van der Waals surface area contributed by atoms with Crippen LogP contribution in [-0.4, -0.2) is 12.2 Å². The van der Waals surface area contributed by atoms with Gasteiger partial charge in [0.15, 0.2) is 0 Å². The van der Waals surface area contributed by atoms with Crippen molar-refractivity contribution in [3.63, 3.8) is 0 Å². The van der Waals surface area contributed by atoms with E-state index >= 15 is 0 Å². The molecule has 0 aliphatic carbocycles. The second-order valence-corrected chi connectivity index (χ2v) is 3.96. The molecule has 0 spiro atoms. The highest BCUT2D eigenvalue weighted by atomic mass is 16.5. The maximum absolute atomic E-state index is 10.1. The molecule has 0 radical (unpaired) electrons. The number of ether oxygens (including phenoxy) is 1. The molecule has 0 fully saturated rings. The maximum atomic E-state index is 10.1. The second-order valence-electron chi connectivity index (χ2n) is 3.96. The summed E-state index contributed by atoms with van der Waals surface area (Å²) in [6, 6.07) is 7.91. The SMILES string of the molecule is CCC(C)C(O)c1ccccc1COC. The lowest BCUT2D eigenvalue weighted by Crippen LogP contribution is -2.10. The molecule has 2 atom stereocenters. The molecule has 0 saturated heterocycles. The molecule has 0 heterocycles. The summed E-state index contributed by atoms with van der Waals surface area (Å²) in [4.78, 5) is 0. The van der Waals surface area contributed by atoms with Crippen LogP contribution < -0.4 is 0 Å². The minimum absolute atomic E-state index is 0.281. The van der Waals surface area contributed by atoms with Crippen LogP contribution in [-0.2, 0) is 11.3 Å². The van der Waals surface area contributed by atoms with Gasteiger partial charge in [-0.2, -0.15) is 0 Å². The van der Waals surface area contributed by atoms with Crippen molar-refractivity contribution >= 4 is 0 Å². The highest BCUT2D eigenvalue weighted by Crippen LogP contribution is 2.27. The van der Waals surface area contributed by atoms with Crippen molar-refractivity contribution in [2.24, 2.45) is 5.92 Å². The first-order valence-electron chi connectivity index (χ1n) is 5.45. The summed E-state index contributed by atoms with van der Waals surface area (Å²) in [6.07, 6.45) is 0.587. The highest BCUT2D eigenvalue weighted by Gasteiger charge is 2.17. The summed E-state index contributed by atoms with van der Waals surface area (Å²) in [5, 5.41) is 10.1. The van der Waals surface area contributed by atoms with Crippen molar-refractivity contribution in [1.82, 2.24) is 0 Å². The fraction of sp³-hybridized carbons (Fsp3) is 0.538. The standard InChI is InChI=1S/C13H20O2/c1-4-10(2)13(14)12-8-6-5-7-11(12)9-15-3/h5-8,10,13-14H,4,9H2,1-3H3. The van der Waals surface area contributed by atoms with E-state index in [1.165, 1.54) is 0 Å². The van der Waals surface area contributed by atoms with Crippen LogP contribution in [0.4, 0.5) is 0 Å². The fourth-order valence-corrected chi connectivity index (χ4v) is 1.64. The largest absolute Gasteiger partial charge is 0.388 e. The zero-order valence-corrected chi connectivity index (χ0v) is 9.73. The number of benzene rings is 1. The first-order chi connectivity index (χ1) is 7.20. The van der Waals surface area contributed by atoms with E-state index in [1.54, 1.807) is 7.11 Å². The van der Waals surface area contributed by atoms with Crippen molar-refractivity contribution in [2.45, 2.75) is 33.0 Å². The van der Waals surface area contributed by atoms with Gasteiger partial charge in [-0.15, -0.1) is 0 Å². The monoisotopic (exact) mass is 208 g/mol. The summed E-state index contributed by atoms with van der Waals surface area (Å²) in [5.74, 6) is 0.281. The van der Waals surface area contributed by atoms with Gasteiger partial charge in [0, 0.05) is 7.11 Å². The molecule has 0 saturated carbocycles. The van der Waals surface area contributed by atoms with Gasteiger partial charge in [0.25, 0.3) is 0 Å². The molecule has 0 aliphatic rings. The summed E-state index contributed by atoms with van der Waals surface area (Å²) >= 11 is 0. The van der Waals surface area contributed by atoms with Gasteiger partial charge in [-0.3, -0.25) is 0 Å². The van der Waals surface area contributed by atoms with Gasteiger partial charge in [-0.25, -0.2) is 0 Å². The maximum Gasteiger partial charge on any atom is 0.0818 e. The molecule has 0 aliphatic heterocycles. The molecule has 0 amide bonds. The topological polar surface area (TPSA) is 29.5 Å². The highest BCUT2D eigenvalue weighted by molar-refractivity contribution is 5.28. The van der Waals surface area contributed by atoms with Crippen molar-refractivity contribution in [3.8, 4) is 0 Å². The average Bonchev–Trinajstić information content (AvgIpc) is 2.28. The molecule has 15 heavy (non-hydrogen) atoms. The Morgan fingerprint density at radius 2 is 2.00 bits per heavy atom. The molecule has 1 aromatic rings. The molecule has 84 valence electrons. The molecule has 1 rings (SSSR count). The van der Waals surface area contributed by atoms with Gasteiger partial charge >= 0.3 is 0 Å². The fourth-order valence-electron chi connectivity index (χ4n) is 1.64. The first-order valence-corrected chi connectivity index (χ1v) is 5.45. The molecule has 2 unspecified atom stereocenters. The lowest BCUT2D eigenvalue weighted by atomic mass is 9.92. The van der Waals surface area contributed by atoms with Gasteiger partial charge in [-0.1, -0.05) is 44.5 Å². The van der Waals surface area contributed by atoms with E-state index in [2.05, 4.69) is 13.8 Å². The van der Waals surface area contributed by atoms with E-state index in [-0.39, 0.29) is 12.0 Å². The molecule has 1 N–H and O–H groups in total. The molecule has 0 aromatic heterocycles. The Balaban J connectivity index is 2.91. The lowest BCUT2D eigenvalue weighted by molar-refractivity contribution is 0.110. The smallest absolute Gasteiger partial charge is 0.0818 e. The summed E-state index contributed by atoms with van der Waals surface area (Å²) in [7, 11) is 1.67. The third-order valence-electron chi connectivity index (χ3n) is 2.86. The number of aliphatic hydroxyl groups is 1. The summed E-state index contributed by atoms with van der Waals surface area (Å²) in [6.45, 7) is 4.71. The van der Waals surface area contributed by atoms with Crippen molar-refractivity contribution in [2.75, 3.05) is 7.11 Å². The molecular formula is C13H20O2. The minimum atomic E-state index is -0.388. The number of methoxy groups -OCH3 is 1. The Kier molecular flexibility index (Phi) is 4.79. The predicted octanol–water partition coefficient (Wildman–Crippen LogP) is 2.91. The van der Waals surface area contributed by atoms with Crippen molar-refractivity contribution in [1.29, 1.82) is 0 Å². The van der Waals surface area contributed by atoms with E-state index in [1.807, 2.05) is 24.3 Å². The van der Waals surface area contributed by atoms with Gasteiger partial charge < -0.3 is 9.84 Å². The second kappa shape index (κ2) is 5.89. The van der Waals surface area contributed by atoms with Crippen molar-refractivity contribution in [3.05, 3.63) is 35.4 Å². The van der Waals surface area contributed by atoms with E-state index in [9.17, 15) is 5.11 Å². The van der Waals surface area contributed by atoms with E-state index in [4.69, 9.17) is 4.74 Å². The number of hydrogen-bond acceptors (Lipinski definition) is 2.